The van der Waals surface area contributed by atoms with Crippen LogP contribution in [0, 0.1) is 0 Å². The average Bonchev–Trinajstić information content (AvgIpc) is 3.22. The predicted octanol–water partition coefficient (Wildman–Crippen LogP) is 2.94. The Bertz CT molecular complexity index is 962. The molecular formula is C19H21ClN2O4S2. The SMILES string of the molecule is CC(C)(C(=O)N1CCN(C(=O)c2cccs2)CC1)S(=O)(=O)c1ccc(Cl)cc1. The second-order valence-corrected chi connectivity index (χ2v) is 10.9. The van der Waals surface area contributed by atoms with E-state index >= 15 is 0 Å². The van der Waals surface area contributed by atoms with E-state index in [1.807, 2.05) is 11.4 Å². The molecule has 0 unspecified atom stereocenters. The number of rotatable bonds is 4. The highest BCUT2D eigenvalue weighted by molar-refractivity contribution is 7.93. The van der Waals surface area contributed by atoms with Gasteiger partial charge in [0.25, 0.3) is 5.91 Å². The lowest BCUT2D eigenvalue weighted by Crippen LogP contribution is -2.57. The largest absolute Gasteiger partial charge is 0.338 e. The lowest BCUT2D eigenvalue weighted by molar-refractivity contribution is -0.134. The van der Waals surface area contributed by atoms with Gasteiger partial charge in [-0.25, -0.2) is 8.42 Å². The van der Waals surface area contributed by atoms with Gasteiger partial charge in [-0.2, -0.15) is 0 Å². The predicted molar refractivity (Wildman–Crippen MR) is 110 cm³/mol. The van der Waals surface area contributed by atoms with Gasteiger partial charge in [0.2, 0.25) is 5.91 Å². The summed E-state index contributed by atoms with van der Waals surface area (Å²) in [5.41, 5.74) is 0. The minimum atomic E-state index is -3.90. The smallest absolute Gasteiger partial charge is 0.264 e. The van der Waals surface area contributed by atoms with Crippen LogP contribution in [0.3, 0.4) is 0 Å². The third kappa shape index (κ3) is 3.81. The zero-order valence-electron chi connectivity index (χ0n) is 15.6. The summed E-state index contributed by atoms with van der Waals surface area (Å²) in [5, 5.41) is 2.27. The fourth-order valence-electron chi connectivity index (χ4n) is 3.07. The fourth-order valence-corrected chi connectivity index (χ4v) is 5.33. The minimum absolute atomic E-state index is 0.0572. The monoisotopic (exact) mass is 440 g/mol. The molecule has 9 heteroatoms. The molecule has 1 saturated heterocycles. The van der Waals surface area contributed by atoms with Crippen molar-refractivity contribution in [3.05, 3.63) is 51.7 Å². The van der Waals surface area contributed by atoms with Crippen molar-refractivity contribution < 1.29 is 18.0 Å². The molecule has 2 amide bonds. The summed E-state index contributed by atoms with van der Waals surface area (Å²) in [6, 6.07) is 9.39. The topological polar surface area (TPSA) is 74.8 Å². The summed E-state index contributed by atoms with van der Waals surface area (Å²) in [4.78, 5) is 29.4. The molecule has 1 aromatic carbocycles. The zero-order valence-corrected chi connectivity index (χ0v) is 18.0. The maximum Gasteiger partial charge on any atom is 0.264 e. The first kappa shape index (κ1) is 20.8. The van der Waals surface area contributed by atoms with Crippen LogP contribution in [-0.4, -0.2) is 61.0 Å². The van der Waals surface area contributed by atoms with Crippen molar-refractivity contribution in [2.24, 2.45) is 0 Å². The van der Waals surface area contributed by atoms with Gasteiger partial charge in [0.05, 0.1) is 9.77 Å². The molecule has 3 rings (SSSR count). The molecule has 28 heavy (non-hydrogen) atoms. The Kier molecular flexibility index (Phi) is 5.84. The van der Waals surface area contributed by atoms with E-state index in [0.717, 1.165) is 0 Å². The van der Waals surface area contributed by atoms with Gasteiger partial charge in [0.1, 0.15) is 4.75 Å². The Balaban J connectivity index is 1.71. The van der Waals surface area contributed by atoms with Crippen LogP contribution in [0.1, 0.15) is 23.5 Å². The number of hydrogen-bond acceptors (Lipinski definition) is 5. The lowest BCUT2D eigenvalue weighted by Gasteiger charge is -2.38. The van der Waals surface area contributed by atoms with Gasteiger partial charge < -0.3 is 9.80 Å². The number of carbonyl (C=O) groups excluding carboxylic acids is 2. The molecule has 2 heterocycles. The van der Waals surface area contributed by atoms with E-state index in [9.17, 15) is 18.0 Å². The van der Waals surface area contributed by atoms with Gasteiger partial charge in [-0.15, -0.1) is 11.3 Å². The lowest BCUT2D eigenvalue weighted by atomic mass is 10.1. The van der Waals surface area contributed by atoms with Crippen LogP contribution in [0.25, 0.3) is 0 Å². The first-order chi connectivity index (χ1) is 13.1. The summed E-state index contributed by atoms with van der Waals surface area (Å²) >= 11 is 7.21. The van der Waals surface area contributed by atoms with Crippen molar-refractivity contribution in [3.8, 4) is 0 Å². The van der Waals surface area contributed by atoms with Crippen molar-refractivity contribution in [2.75, 3.05) is 26.2 Å². The third-order valence-electron chi connectivity index (χ3n) is 4.90. The first-order valence-corrected chi connectivity index (χ1v) is 11.5. The number of nitrogens with zero attached hydrogens (tertiary/aromatic N) is 2. The number of amides is 2. The Morgan fingerprint density at radius 1 is 1.00 bits per heavy atom. The number of piperazine rings is 1. The molecule has 0 atom stereocenters. The summed E-state index contributed by atoms with van der Waals surface area (Å²) in [5.74, 6) is -0.527. The number of thiophene rings is 1. The fraction of sp³-hybridized carbons (Fsp3) is 0.368. The first-order valence-electron chi connectivity index (χ1n) is 8.77. The van der Waals surface area contributed by atoms with Crippen LogP contribution in [0.5, 0.6) is 0 Å². The number of sulfone groups is 1. The molecular weight excluding hydrogens is 420 g/mol. The van der Waals surface area contributed by atoms with E-state index in [1.54, 1.807) is 11.0 Å². The summed E-state index contributed by atoms with van der Waals surface area (Å²) in [7, 11) is -3.90. The van der Waals surface area contributed by atoms with Gasteiger partial charge >= 0.3 is 0 Å². The van der Waals surface area contributed by atoms with Gasteiger partial charge in [0, 0.05) is 31.2 Å². The van der Waals surface area contributed by atoms with Crippen molar-refractivity contribution in [1.82, 2.24) is 9.80 Å². The second-order valence-electron chi connectivity index (χ2n) is 7.03. The van der Waals surface area contributed by atoms with Gasteiger partial charge in [-0.05, 0) is 49.6 Å². The Labute approximate surface area is 173 Å². The van der Waals surface area contributed by atoms with Crippen LogP contribution in [0.4, 0.5) is 0 Å². The van der Waals surface area contributed by atoms with Crippen LogP contribution in [0.2, 0.25) is 5.02 Å². The molecule has 0 saturated carbocycles. The van der Waals surface area contributed by atoms with Crippen molar-refractivity contribution in [1.29, 1.82) is 0 Å². The Morgan fingerprint density at radius 2 is 1.57 bits per heavy atom. The maximum absolute atomic E-state index is 13.0. The second kappa shape index (κ2) is 7.85. The van der Waals surface area contributed by atoms with Gasteiger partial charge in [-0.1, -0.05) is 17.7 Å². The van der Waals surface area contributed by atoms with Gasteiger partial charge in [0.15, 0.2) is 9.84 Å². The summed E-state index contributed by atoms with van der Waals surface area (Å²) < 4.78 is 24.4. The van der Waals surface area contributed by atoms with E-state index in [1.165, 1.54) is 54.3 Å². The van der Waals surface area contributed by atoms with E-state index in [4.69, 9.17) is 11.6 Å². The highest BCUT2D eigenvalue weighted by atomic mass is 35.5. The van der Waals surface area contributed by atoms with Crippen molar-refractivity contribution in [3.63, 3.8) is 0 Å². The van der Waals surface area contributed by atoms with E-state index in [0.29, 0.717) is 36.1 Å². The quantitative estimate of drug-likeness (QED) is 0.732. The average molecular weight is 441 g/mol. The number of hydrogen-bond donors (Lipinski definition) is 0. The normalized spacial score (nSPS) is 15.5. The molecule has 1 aliphatic rings. The highest BCUT2D eigenvalue weighted by Gasteiger charge is 2.45. The number of halogens is 1. The molecule has 0 N–H and O–H groups in total. The maximum atomic E-state index is 13.0. The van der Waals surface area contributed by atoms with Crippen LogP contribution in [-0.2, 0) is 14.6 Å². The van der Waals surface area contributed by atoms with E-state index < -0.39 is 20.5 Å². The van der Waals surface area contributed by atoms with Crippen LogP contribution in [0.15, 0.2) is 46.7 Å². The molecule has 0 spiro atoms. The third-order valence-corrected chi connectivity index (χ3v) is 8.42. The Morgan fingerprint density at radius 3 is 2.11 bits per heavy atom. The minimum Gasteiger partial charge on any atom is -0.338 e. The molecule has 2 aromatic rings. The molecule has 1 aliphatic heterocycles. The summed E-state index contributed by atoms with van der Waals surface area (Å²) in [6.07, 6.45) is 0. The number of carbonyl (C=O) groups is 2. The molecule has 0 aliphatic carbocycles. The zero-order chi connectivity index (χ0) is 20.5. The van der Waals surface area contributed by atoms with E-state index in [-0.39, 0.29) is 10.8 Å². The van der Waals surface area contributed by atoms with Crippen LogP contribution >= 0.6 is 22.9 Å². The standard InChI is InChI=1S/C19H21ClN2O4S2/c1-19(2,28(25,26)15-7-5-14(20)6-8-15)18(24)22-11-9-21(10-12-22)17(23)16-4-3-13-27-16/h3-8,13H,9-12H2,1-2H3. The van der Waals surface area contributed by atoms with Crippen molar-refractivity contribution >= 4 is 44.6 Å². The molecule has 6 nitrogen and oxygen atoms in total. The van der Waals surface area contributed by atoms with E-state index in [2.05, 4.69) is 0 Å². The highest BCUT2D eigenvalue weighted by Crippen LogP contribution is 2.29. The Hall–Kier alpha value is -1.90. The van der Waals surface area contributed by atoms with Crippen molar-refractivity contribution in [2.45, 2.75) is 23.5 Å². The molecule has 150 valence electrons. The number of benzene rings is 1. The van der Waals surface area contributed by atoms with Crippen LogP contribution < -0.4 is 0 Å². The molecule has 0 bridgehead atoms. The summed E-state index contributed by atoms with van der Waals surface area (Å²) in [6.45, 7) is 4.19. The molecule has 1 fully saturated rings. The molecule has 1 aromatic heterocycles. The molecule has 0 radical (unpaired) electrons. The van der Waals surface area contributed by atoms with Gasteiger partial charge in [-0.3, -0.25) is 9.59 Å².